The fraction of sp³-hybridized carbons (Fsp3) is 0.100. The molecule has 0 saturated heterocycles. The van der Waals surface area contributed by atoms with Crippen LogP contribution >= 0.6 is 0 Å². The Labute approximate surface area is 86.0 Å². The highest BCUT2D eigenvalue weighted by Gasteiger charge is 2.09. The van der Waals surface area contributed by atoms with Crippen LogP contribution in [0, 0.1) is 11.3 Å². The second-order valence-electron chi connectivity index (χ2n) is 2.92. The molecule has 5 heteroatoms. The van der Waals surface area contributed by atoms with Crippen molar-refractivity contribution in [2.75, 3.05) is 6.54 Å². The van der Waals surface area contributed by atoms with Gasteiger partial charge in [-0.15, -0.1) is 0 Å². The van der Waals surface area contributed by atoms with Gasteiger partial charge in [0.15, 0.2) is 0 Å². The van der Waals surface area contributed by atoms with Gasteiger partial charge in [0.25, 0.3) is 5.91 Å². The Kier molecular flexibility index (Phi) is 2.33. The van der Waals surface area contributed by atoms with Crippen LogP contribution in [0.4, 0.5) is 0 Å². The van der Waals surface area contributed by atoms with Crippen molar-refractivity contribution in [3.8, 4) is 6.07 Å². The maximum atomic E-state index is 11.6. The molecule has 0 spiro atoms. The Morgan fingerprint density at radius 3 is 3.27 bits per heavy atom. The van der Waals surface area contributed by atoms with Crippen molar-refractivity contribution in [1.82, 2.24) is 14.7 Å². The molecule has 0 bridgehead atoms. The molecule has 0 fully saturated rings. The topological polar surface area (TPSA) is 70.2 Å². The standard InChI is InChI=1S/C10H8N4O/c11-3-4-13-10(15)8-2-1-6-14-7-5-12-9(8)14/h1-2,5-7H,4H2,(H,13,15). The van der Waals surface area contributed by atoms with Crippen LogP contribution in [0.25, 0.3) is 5.65 Å². The predicted molar refractivity (Wildman–Crippen MR) is 53.1 cm³/mol. The zero-order valence-electron chi connectivity index (χ0n) is 7.84. The Bertz CT molecular complexity index is 538. The van der Waals surface area contributed by atoms with E-state index in [9.17, 15) is 4.79 Å². The summed E-state index contributed by atoms with van der Waals surface area (Å²) in [6.07, 6.45) is 5.19. The lowest BCUT2D eigenvalue weighted by Gasteiger charge is -2.02. The number of carbonyl (C=O) groups is 1. The molecule has 2 rings (SSSR count). The van der Waals surface area contributed by atoms with Gasteiger partial charge in [-0.25, -0.2) is 4.98 Å². The number of imidazole rings is 1. The molecule has 1 N–H and O–H groups in total. The van der Waals surface area contributed by atoms with Gasteiger partial charge in [-0.3, -0.25) is 4.79 Å². The molecule has 74 valence electrons. The highest BCUT2D eigenvalue weighted by atomic mass is 16.1. The lowest BCUT2D eigenvalue weighted by molar-refractivity contribution is 0.0959. The second-order valence-corrected chi connectivity index (χ2v) is 2.92. The maximum absolute atomic E-state index is 11.6. The van der Waals surface area contributed by atoms with Crippen LogP contribution in [0.15, 0.2) is 30.7 Å². The number of hydrogen-bond acceptors (Lipinski definition) is 3. The number of nitriles is 1. The number of hydrogen-bond donors (Lipinski definition) is 1. The van der Waals surface area contributed by atoms with Crippen molar-refractivity contribution < 1.29 is 4.79 Å². The van der Waals surface area contributed by atoms with Crippen LogP contribution in [0.3, 0.4) is 0 Å². The van der Waals surface area contributed by atoms with E-state index < -0.39 is 0 Å². The zero-order valence-corrected chi connectivity index (χ0v) is 7.84. The molecule has 15 heavy (non-hydrogen) atoms. The molecule has 5 nitrogen and oxygen atoms in total. The van der Waals surface area contributed by atoms with Crippen molar-refractivity contribution >= 4 is 11.6 Å². The van der Waals surface area contributed by atoms with E-state index >= 15 is 0 Å². The second kappa shape index (κ2) is 3.80. The first kappa shape index (κ1) is 9.21. The number of rotatable bonds is 2. The minimum Gasteiger partial charge on any atom is -0.339 e. The molecule has 0 unspecified atom stereocenters. The van der Waals surface area contributed by atoms with E-state index in [1.807, 2.05) is 12.3 Å². The summed E-state index contributed by atoms with van der Waals surface area (Å²) in [6.45, 7) is 0.000591. The predicted octanol–water partition coefficient (Wildman–Crippen LogP) is 0.588. The minimum absolute atomic E-state index is 0.000591. The number of pyridine rings is 1. The molecule has 0 aliphatic carbocycles. The van der Waals surface area contributed by atoms with Gasteiger partial charge in [0.2, 0.25) is 0 Å². The largest absolute Gasteiger partial charge is 0.339 e. The molecular formula is C10H8N4O. The van der Waals surface area contributed by atoms with Crippen LogP contribution in [0.2, 0.25) is 0 Å². The van der Waals surface area contributed by atoms with Gasteiger partial charge in [-0.05, 0) is 12.1 Å². The number of amides is 1. The van der Waals surface area contributed by atoms with Gasteiger partial charge in [0, 0.05) is 18.6 Å². The van der Waals surface area contributed by atoms with Gasteiger partial charge < -0.3 is 9.72 Å². The fourth-order valence-electron chi connectivity index (χ4n) is 1.34. The molecule has 0 atom stereocenters. The quantitative estimate of drug-likeness (QED) is 0.721. The third-order valence-corrected chi connectivity index (χ3v) is 1.99. The summed E-state index contributed by atoms with van der Waals surface area (Å²) >= 11 is 0. The summed E-state index contributed by atoms with van der Waals surface area (Å²) in [5.74, 6) is -0.284. The van der Waals surface area contributed by atoms with Crippen LogP contribution in [0.5, 0.6) is 0 Å². The summed E-state index contributed by atoms with van der Waals surface area (Å²) in [7, 11) is 0. The maximum Gasteiger partial charge on any atom is 0.255 e. The molecule has 0 aliphatic rings. The average Bonchev–Trinajstić information content (AvgIpc) is 2.73. The van der Waals surface area contributed by atoms with Gasteiger partial charge in [0.1, 0.15) is 12.2 Å². The van der Waals surface area contributed by atoms with Crippen molar-refractivity contribution in [3.05, 3.63) is 36.3 Å². The summed E-state index contributed by atoms with van der Waals surface area (Å²) in [4.78, 5) is 15.7. The van der Waals surface area contributed by atoms with E-state index in [0.29, 0.717) is 11.2 Å². The highest BCUT2D eigenvalue weighted by molar-refractivity contribution is 5.99. The fourth-order valence-corrected chi connectivity index (χ4v) is 1.34. The number of carbonyl (C=O) groups excluding carboxylic acids is 1. The first-order chi connectivity index (χ1) is 7.33. The first-order valence-electron chi connectivity index (χ1n) is 4.40. The Hall–Kier alpha value is -2.35. The number of nitrogens with zero attached hydrogens (tertiary/aromatic N) is 3. The molecular weight excluding hydrogens is 192 g/mol. The van der Waals surface area contributed by atoms with Crippen LogP contribution in [0.1, 0.15) is 10.4 Å². The van der Waals surface area contributed by atoms with Gasteiger partial charge in [0.05, 0.1) is 11.6 Å². The molecule has 2 heterocycles. The van der Waals surface area contributed by atoms with Crippen LogP contribution < -0.4 is 5.32 Å². The number of nitrogens with one attached hydrogen (secondary N) is 1. The van der Waals surface area contributed by atoms with Crippen molar-refractivity contribution in [3.63, 3.8) is 0 Å². The van der Waals surface area contributed by atoms with E-state index in [0.717, 1.165) is 0 Å². The smallest absolute Gasteiger partial charge is 0.255 e. The van der Waals surface area contributed by atoms with Gasteiger partial charge >= 0.3 is 0 Å². The Morgan fingerprint density at radius 2 is 2.47 bits per heavy atom. The molecule has 2 aromatic heterocycles. The lowest BCUT2D eigenvalue weighted by atomic mass is 10.2. The normalized spacial score (nSPS) is 9.80. The lowest BCUT2D eigenvalue weighted by Crippen LogP contribution is -2.24. The van der Waals surface area contributed by atoms with E-state index in [1.165, 1.54) is 0 Å². The Morgan fingerprint density at radius 1 is 1.60 bits per heavy atom. The van der Waals surface area contributed by atoms with Crippen molar-refractivity contribution in [1.29, 1.82) is 5.26 Å². The zero-order chi connectivity index (χ0) is 10.7. The monoisotopic (exact) mass is 200 g/mol. The molecule has 0 aliphatic heterocycles. The third kappa shape index (κ3) is 1.65. The third-order valence-electron chi connectivity index (χ3n) is 1.99. The average molecular weight is 200 g/mol. The highest BCUT2D eigenvalue weighted by Crippen LogP contribution is 2.07. The van der Waals surface area contributed by atoms with Crippen LogP contribution in [-0.2, 0) is 0 Å². The van der Waals surface area contributed by atoms with E-state index in [1.54, 1.807) is 28.9 Å². The number of fused-ring (bicyclic) bond motifs is 1. The van der Waals surface area contributed by atoms with Gasteiger partial charge in [-0.1, -0.05) is 0 Å². The number of aromatic nitrogens is 2. The summed E-state index contributed by atoms with van der Waals surface area (Å²) in [6, 6.07) is 5.29. The van der Waals surface area contributed by atoms with Gasteiger partial charge in [-0.2, -0.15) is 5.26 Å². The van der Waals surface area contributed by atoms with E-state index in [4.69, 9.17) is 5.26 Å². The molecule has 0 radical (unpaired) electrons. The Balaban J connectivity index is 2.39. The van der Waals surface area contributed by atoms with Crippen LogP contribution in [-0.4, -0.2) is 21.8 Å². The van der Waals surface area contributed by atoms with E-state index in [2.05, 4.69) is 10.3 Å². The molecule has 0 saturated carbocycles. The molecule has 1 amide bonds. The van der Waals surface area contributed by atoms with Crippen molar-refractivity contribution in [2.24, 2.45) is 0 Å². The van der Waals surface area contributed by atoms with Crippen molar-refractivity contribution in [2.45, 2.75) is 0 Å². The minimum atomic E-state index is -0.284. The summed E-state index contributed by atoms with van der Waals surface area (Å²) in [5.41, 5.74) is 1.06. The summed E-state index contributed by atoms with van der Waals surface area (Å²) < 4.78 is 1.75. The SMILES string of the molecule is N#CCNC(=O)c1cccn2ccnc12. The van der Waals surface area contributed by atoms with E-state index in [-0.39, 0.29) is 12.5 Å². The molecule has 2 aromatic rings. The summed E-state index contributed by atoms with van der Waals surface area (Å²) in [5, 5.41) is 10.8. The first-order valence-corrected chi connectivity index (χ1v) is 4.40. The molecule has 0 aromatic carbocycles.